The average Bonchev–Trinajstić information content (AvgIpc) is 2.16. The van der Waals surface area contributed by atoms with E-state index in [1.54, 1.807) is 0 Å². The van der Waals surface area contributed by atoms with Gasteiger partial charge < -0.3 is 9.84 Å². The van der Waals surface area contributed by atoms with Gasteiger partial charge in [-0.15, -0.1) is 0 Å². The molecule has 0 bridgehead atoms. The summed E-state index contributed by atoms with van der Waals surface area (Å²) in [5.41, 5.74) is -0.221. The number of aromatic carboxylic acids is 1. The van der Waals surface area contributed by atoms with Crippen LogP contribution < -0.4 is 0 Å². The average molecular weight is 260 g/mol. The maximum atomic E-state index is 11.2. The highest BCUT2D eigenvalue weighted by Crippen LogP contribution is 2.20. The summed E-state index contributed by atoms with van der Waals surface area (Å²) in [5, 5.41) is 8.77. The number of halogens is 1. The van der Waals surface area contributed by atoms with Crippen molar-refractivity contribution in [2.75, 3.05) is 7.11 Å². The van der Waals surface area contributed by atoms with Crippen LogP contribution in [0.3, 0.4) is 0 Å². The molecule has 0 amide bonds. The van der Waals surface area contributed by atoms with Crippen molar-refractivity contribution < 1.29 is 19.4 Å². The zero-order valence-corrected chi connectivity index (χ0v) is 8.74. The molecule has 74 valence electrons. The lowest BCUT2D eigenvalue weighted by Crippen LogP contribution is -2.11. The lowest BCUT2D eigenvalue weighted by atomic mass is 10.1. The molecule has 6 heteroatoms. The highest BCUT2D eigenvalue weighted by Gasteiger charge is 2.20. The Morgan fingerprint density at radius 3 is 2.64 bits per heavy atom. The lowest BCUT2D eigenvalue weighted by molar-refractivity contribution is 0.0581. The molecule has 1 aromatic rings. The van der Waals surface area contributed by atoms with E-state index in [4.69, 9.17) is 5.11 Å². The molecular weight excluding hydrogens is 254 g/mol. The van der Waals surface area contributed by atoms with E-state index >= 15 is 0 Å². The molecule has 1 N–H and O–H groups in total. The van der Waals surface area contributed by atoms with E-state index in [1.807, 2.05) is 0 Å². The van der Waals surface area contributed by atoms with Gasteiger partial charge in [0.05, 0.1) is 22.7 Å². The van der Waals surface area contributed by atoms with E-state index in [0.29, 0.717) is 4.47 Å². The highest BCUT2D eigenvalue weighted by atomic mass is 79.9. The summed E-state index contributed by atoms with van der Waals surface area (Å²) in [6.45, 7) is 0. The van der Waals surface area contributed by atoms with Crippen molar-refractivity contribution in [2.24, 2.45) is 0 Å². The molecule has 0 aliphatic heterocycles. The molecule has 5 nitrogen and oxygen atoms in total. The van der Waals surface area contributed by atoms with Crippen LogP contribution in [-0.2, 0) is 4.74 Å². The third-order valence-corrected chi connectivity index (χ3v) is 2.12. The lowest BCUT2D eigenvalue weighted by Gasteiger charge is -2.04. The molecule has 0 radical (unpaired) electrons. The zero-order valence-electron chi connectivity index (χ0n) is 7.15. The van der Waals surface area contributed by atoms with Crippen LogP contribution in [0.2, 0.25) is 0 Å². The van der Waals surface area contributed by atoms with E-state index in [1.165, 1.54) is 13.3 Å². The number of esters is 1. The minimum Gasteiger partial charge on any atom is -0.478 e. The quantitative estimate of drug-likeness (QED) is 0.811. The number of hydrogen-bond donors (Lipinski definition) is 1. The zero-order chi connectivity index (χ0) is 10.7. The van der Waals surface area contributed by atoms with Crippen molar-refractivity contribution in [2.45, 2.75) is 0 Å². The SMILES string of the molecule is COC(=O)c1c(Br)cncc1C(=O)O. The Labute approximate surface area is 87.8 Å². The number of pyridine rings is 1. The molecule has 0 spiro atoms. The van der Waals surface area contributed by atoms with Crippen LogP contribution in [0.5, 0.6) is 0 Å². The van der Waals surface area contributed by atoms with Gasteiger partial charge >= 0.3 is 11.9 Å². The van der Waals surface area contributed by atoms with Crippen molar-refractivity contribution in [3.63, 3.8) is 0 Å². The number of carbonyl (C=O) groups excluding carboxylic acids is 1. The van der Waals surface area contributed by atoms with Gasteiger partial charge in [-0.1, -0.05) is 0 Å². The number of carboxylic acid groups (broad SMARTS) is 1. The Kier molecular flexibility index (Phi) is 3.19. The van der Waals surface area contributed by atoms with Crippen molar-refractivity contribution in [1.29, 1.82) is 0 Å². The molecule has 0 saturated heterocycles. The second-order valence-corrected chi connectivity index (χ2v) is 3.19. The van der Waals surface area contributed by atoms with Crippen molar-refractivity contribution >= 4 is 27.9 Å². The summed E-state index contributed by atoms with van der Waals surface area (Å²) in [5.74, 6) is -1.93. The molecule has 14 heavy (non-hydrogen) atoms. The number of carboxylic acids is 1. The van der Waals surface area contributed by atoms with E-state index in [0.717, 1.165) is 6.20 Å². The molecular formula is C8H6BrNO4. The molecule has 0 unspecified atom stereocenters. The first-order valence-electron chi connectivity index (χ1n) is 3.53. The first-order valence-corrected chi connectivity index (χ1v) is 4.32. The molecule has 1 aromatic heterocycles. The van der Waals surface area contributed by atoms with E-state index < -0.39 is 11.9 Å². The Hall–Kier alpha value is -1.43. The largest absolute Gasteiger partial charge is 0.478 e. The normalized spacial score (nSPS) is 9.57. The minimum absolute atomic E-state index is 0.0324. The summed E-state index contributed by atoms with van der Waals surface area (Å²) in [7, 11) is 1.18. The fourth-order valence-electron chi connectivity index (χ4n) is 0.907. The summed E-state index contributed by atoms with van der Waals surface area (Å²) in [6, 6.07) is 0. The molecule has 0 aromatic carbocycles. The molecule has 0 atom stereocenters. The molecule has 1 heterocycles. The Morgan fingerprint density at radius 2 is 2.14 bits per heavy atom. The number of rotatable bonds is 2. The Morgan fingerprint density at radius 1 is 1.50 bits per heavy atom. The summed E-state index contributed by atoms with van der Waals surface area (Å²) in [4.78, 5) is 25.6. The smallest absolute Gasteiger partial charge is 0.340 e. The number of aromatic nitrogens is 1. The fraction of sp³-hybridized carbons (Fsp3) is 0.125. The maximum Gasteiger partial charge on any atom is 0.340 e. The van der Waals surface area contributed by atoms with Crippen LogP contribution in [0.1, 0.15) is 20.7 Å². The molecule has 0 saturated carbocycles. The van der Waals surface area contributed by atoms with Crippen molar-refractivity contribution in [1.82, 2.24) is 4.98 Å². The monoisotopic (exact) mass is 259 g/mol. The topological polar surface area (TPSA) is 76.5 Å². The van der Waals surface area contributed by atoms with Gasteiger partial charge in [-0.3, -0.25) is 4.98 Å². The summed E-state index contributed by atoms with van der Waals surface area (Å²) < 4.78 is 4.74. The first kappa shape index (κ1) is 10.6. The van der Waals surface area contributed by atoms with Crippen LogP contribution in [0.4, 0.5) is 0 Å². The molecule has 0 fully saturated rings. The Bertz CT molecular complexity index is 391. The summed E-state index contributed by atoms with van der Waals surface area (Å²) in [6.07, 6.45) is 2.43. The van der Waals surface area contributed by atoms with E-state index in [2.05, 4.69) is 25.7 Å². The number of methoxy groups -OCH3 is 1. The second-order valence-electron chi connectivity index (χ2n) is 2.34. The second kappa shape index (κ2) is 4.19. The van der Waals surface area contributed by atoms with Gasteiger partial charge in [0.1, 0.15) is 0 Å². The van der Waals surface area contributed by atoms with Gasteiger partial charge in [-0.2, -0.15) is 0 Å². The predicted molar refractivity (Wildman–Crippen MR) is 50.2 cm³/mol. The minimum atomic E-state index is -1.22. The predicted octanol–water partition coefficient (Wildman–Crippen LogP) is 1.33. The maximum absolute atomic E-state index is 11.2. The van der Waals surface area contributed by atoms with Gasteiger partial charge in [0.2, 0.25) is 0 Å². The summed E-state index contributed by atoms with van der Waals surface area (Å²) >= 11 is 3.03. The van der Waals surface area contributed by atoms with Gasteiger partial charge in [0, 0.05) is 12.4 Å². The number of nitrogens with zero attached hydrogens (tertiary/aromatic N) is 1. The first-order chi connectivity index (χ1) is 6.57. The number of carbonyl (C=O) groups is 2. The van der Waals surface area contributed by atoms with Gasteiger partial charge in [-0.05, 0) is 15.9 Å². The van der Waals surface area contributed by atoms with E-state index in [-0.39, 0.29) is 11.1 Å². The fourth-order valence-corrected chi connectivity index (χ4v) is 1.40. The van der Waals surface area contributed by atoms with Crippen LogP contribution in [0, 0.1) is 0 Å². The Balaban J connectivity index is 3.36. The van der Waals surface area contributed by atoms with E-state index in [9.17, 15) is 9.59 Å². The van der Waals surface area contributed by atoms with Crippen molar-refractivity contribution in [3.8, 4) is 0 Å². The van der Waals surface area contributed by atoms with Crippen LogP contribution in [0.15, 0.2) is 16.9 Å². The third kappa shape index (κ3) is 1.90. The molecule has 0 aliphatic rings. The standard InChI is InChI=1S/C8H6BrNO4/c1-14-8(13)6-4(7(11)12)2-10-3-5(6)9/h2-3H,1H3,(H,11,12). The van der Waals surface area contributed by atoms with Crippen molar-refractivity contribution in [3.05, 3.63) is 28.0 Å². The highest BCUT2D eigenvalue weighted by molar-refractivity contribution is 9.10. The van der Waals surface area contributed by atoms with Crippen LogP contribution in [-0.4, -0.2) is 29.1 Å². The van der Waals surface area contributed by atoms with Crippen LogP contribution >= 0.6 is 15.9 Å². The van der Waals surface area contributed by atoms with Gasteiger partial charge in [0.15, 0.2) is 0 Å². The molecule has 0 aliphatic carbocycles. The number of hydrogen-bond acceptors (Lipinski definition) is 4. The molecule has 1 rings (SSSR count). The number of ether oxygens (including phenoxy) is 1. The van der Waals surface area contributed by atoms with Gasteiger partial charge in [0.25, 0.3) is 0 Å². The third-order valence-electron chi connectivity index (χ3n) is 1.52. The van der Waals surface area contributed by atoms with Crippen LogP contribution in [0.25, 0.3) is 0 Å². The van der Waals surface area contributed by atoms with Gasteiger partial charge in [-0.25, -0.2) is 9.59 Å².